The molecule has 13 nitrogen and oxygen atoms in total. The first kappa shape index (κ1) is 36.3. The molecule has 0 bridgehead atoms. The van der Waals surface area contributed by atoms with Gasteiger partial charge in [-0.15, -0.1) is 0 Å². The van der Waals surface area contributed by atoms with E-state index >= 15 is 0 Å². The van der Waals surface area contributed by atoms with Crippen LogP contribution in [0.5, 0.6) is 17.2 Å². The highest BCUT2D eigenvalue weighted by molar-refractivity contribution is 5.97. The molecule has 280 valence electrons. The van der Waals surface area contributed by atoms with E-state index in [1.807, 2.05) is 53.8 Å². The quantitative estimate of drug-likeness (QED) is 0.184. The summed E-state index contributed by atoms with van der Waals surface area (Å²) < 4.78 is 33.9. The van der Waals surface area contributed by atoms with Crippen LogP contribution < -0.4 is 14.4 Å². The van der Waals surface area contributed by atoms with Gasteiger partial charge in [-0.05, 0) is 78.6 Å². The van der Waals surface area contributed by atoms with Gasteiger partial charge in [0.25, 0.3) is 5.91 Å². The van der Waals surface area contributed by atoms with E-state index in [0.29, 0.717) is 31.2 Å². The Morgan fingerprint density at radius 2 is 1.87 bits per heavy atom. The summed E-state index contributed by atoms with van der Waals surface area (Å²) in [6, 6.07) is 5.90. The number of fused-ring (bicyclic) bond motifs is 1. The molecular weight excluding hydrogens is 679 g/mol. The molecule has 0 unspecified atom stereocenters. The van der Waals surface area contributed by atoms with E-state index in [4.69, 9.17) is 14.2 Å². The van der Waals surface area contributed by atoms with Crippen molar-refractivity contribution < 1.29 is 28.2 Å². The molecule has 2 aliphatic heterocycles. The van der Waals surface area contributed by atoms with E-state index in [1.54, 1.807) is 23.5 Å². The molecule has 1 spiro atoms. The smallest absolute Gasteiger partial charge is 0.435 e. The molecule has 1 saturated carbocycles. The number of carbonyl (C=O) groups is 2. The van der Waals surface area contributed by atoms with Gasteiger partial charge in [0.15, 0.2) is 11.6 Å². The van der Waals surface area contributed by atoms with E-state index in [2.05, 4.69) is 29.9 Å². The molecule has 0 radical (unpaired) electrons. The summed E-state index contributed by atoms with van der Waals surface area (Å²) in [5.74, 6) is 1.37. The van der Waals surface area contributed by atoms with Gasteiger partial charge in [-0.2, -0.15) is 9.78 Å². The Hall–Kier alpha value is -5.11. The normalized spacial score (nSPS) is 16.9. The van der Waals surface area contributed by atoms with Crippen molar-refractivity contribution in [2.24, 2.45) is 5.41 Å². The third kappa shape index (κ3) is 7.82. The van der Waals surface area contributed by atoms with E-state index in [1.165, 1.54) is 29.2 Å². The number of halogens is 1. The number of hydrogen-bond donors (Lipinski definition) is 0. The molecule has 53 heavy (non-hydrogen) atoms. The minimum atomic E-state index is -0.596. The predicted octanol–water partition coefficient (Wildman–Crippen LogP) is 6.26. The Balaban J connectivity index is 0.961. The van der Waals surface area contributed by atoms with Crippen LogP contribution in [-0.2, 0) is 24.2 Å². The molecule has 1 aromatic carbocycles. The summed E-state index contributed by atoms with van der Waals surface area (Å²) in [5, 5.41) is 4.22. The molecule has 3 aromatic heterocycles. The van der Waals surface area contributed by atoms with E-state index in [-0.39, 0.29) is 34.8 Å². The van der Waals surface area contributed by atoms with Gasteiger partial charge in [-0.1, -0.05) is 0 Å². The molecule has 0 atom stereocenters. The second-order valence-electron chi connectivity index (χ2n) is 15.6. The van der Waals surface area contributed by atoms with Crippen molar-refractivity contribution in [3.63, 3.8) is 0 Å². The molecule has 1 saturated heterocycles. The molecule has 2 fully saturated rings. The van der Waals surface area contributed by atoms with Crippen LogP contribution in [0.25, 0.3) is 0 Å². The average molecular weight is 727 g/mol. The number of aromatic nitrogens is 5. The monoisotopic (exact) mass is 726 g/mol. The van der Waals surface area contributed by atoms with Crippen LogP contribution in [0.15, 0.2) is 55.4 Å². The Bertz CT molecular complexity index is 1980. The van der Waals surface area contributed by atoms with Crippen LogP contribution in [-0.4, -0.2) is 90.5 Å². The van der Waals surface area contributed by atoms with E-state index < -0.39 is 17.5 Å². The third-order valence-corrected chi connectivity index (χ3v) is 10.0. The lowest BCUT2D eigenvalue weighted by atomic mass is 9.61. The highest BCUT2D eigenvalue weighted by Gasteiger charge is 2.54. The number of rotatable bonds is 10. The summed E-state index contributed by atoms with van der Waals surface area (Å²) in [6.45, 7) is 15.5. The fourth-order valence-corrected chi connectivity index (χ4v) is 7.56. The number of benzene rings is 1. The number of hydrogen-bond acceptors (Lipinski definition) is 11. The molecule has 1 amide bonds. The Kier molecular flexibility index (Phi) is 9.83. The molecular formula is C39H47FN8O5. The maximum absolute atomic E-state index is 14.3. The van der Waals surface area contributed by atoms with Crippen LogP contribution in [0.3, 0.4) is 0 Å². The summed E-state index contributed by atoms with van der Waals surface area (Å²) in [7, 11) is 0. The van der Waals surface area contributed by atoms with Crippen molar-refractivity contribution in [1.82, 2.24) is 34.5 Å². The fraction of sp³-hybridized carbons (Fsp3) is 0.487. The fourth-order valence-electron chi connectivity index (χ4n) is 7.56. The first-order chi connectivity index (χ1) is 25.3. The molecule has 1 aliphatic carbocycles. The molecule has 4 aromatic rings. The van der Waals surface area contributed by atoms with Crippen molar-refractivity contribution in [2.45, 2.75) is 91.6 Å². The van der Waals surface area contributed by atoms with Gasteiger partial charge in [-0.25, -0.2) is 19.2 Å². The lowest BCUT2D eigenvalue weighted by molar-refractivity contribution is -0.0353. The third-order valence-electron chi connectivity index (χ3n) is 10.0. The number of ether oxygens (including phenoxy) is 3. The highest BCUT2D eigenvalue weighted by Crippen LogP contribution is 2.52. The zero-order valence-corrected chi connectivity index (χ0v) is 31.2. The maximum Gasteiger partial charge on any atom is 0.435 e. The highest BCUT2D eigenvalue weighted by atomic mass is 19.1. The number of carbonyl (C=O) groups excluding carboxylic acids is 2. The number of nitrogens with zero attached hydrogens (tertiary/aromatic N) is 8. The van der Waals surface area contributed by atoms with Gasteiger partial charge in [-0.3, -0.25) is 14.7 Å². The second-order valence-corrected chi connectivity index (χ2v) is 15.6. The lowest BCUT2D eigenvalue weighted by Gasteiger charge is -2.59. The number of pyridine rings is 1. The SMILES string of the molecule is CCN(C(=O)c1cc(F)ccc1Oc1cncnc1N1CC2(CC(Oc3ccnc4c3CN(Cc3cnn(C(=O)OC(C)(C)C)c3)CC4)C2)C1)C(C)C. The Morgan fingerprint density at radius 3 is 2.60 bits per heavy atom. The number of anilines is 1. The van der Waals surface area contributed by atoms with Gasteiger partial charge in [0.2, 0.25) is 0 Å². The average Bonchev–Trinajstić information content (AvgIpc) is 3.54. The van der Waals surface area contributed by atoms with Crippen LogP contribution in [0.2, 0.25) is 0 Å². The standard InChI is InChI=1S/C39H47FN8O5/c1-7-47(25(2)3)36(49)29-14-27(40)8-9-32(29)52-34-18-41-24-43-35(34)46-22-39(23-46)15-28(16-39)51-33-10-12-42-31-11-13-45(21-30(31)33)19-26-17-44-48(20-26)37(50)53-38(4,5)6/h8-10,12,14,17-18,20,24-25,28H,7,11,13,15-16,19,21-23H2,1-6H3. The van der Waals surface area contributed by atoms with Crippen molar-refractivity contribution in [1.29, 1.82) is 0 Å². The van der Waals surface area contributed by atoms with Gasteiger partial charge in [0, 0.05) is 86.4 Å². The summed E-state index contributed by atoms with van der Waals surface area (Å²) in [6.07, 6.45) is 10.5. The van der Waals surface area contributed by atoms with Crippen molar-refractivity contribution >= 4 is 17.8 Å². The van der Waals surface area contributed by atoms with Gasteiger partial charge < -0.3 is 24.0 Å². The maximum atomic E-state index is 14.3. The minimum absolute atomic E-state index is 0.0548. The van der Waals surface area contributed by atoms with E-state index in [0.717, 1.165) is 61.5 Å². The zero-order valence-electron chi connectivity index (χ0n) is 31.2. The Morgan fingerprint density at radius 1 is 1.08 bits per heavy atom. The van der Waals surface area contributed by atoms with Crippen molar-refractivity contribution in [2.75, 3.05) is 31.1 Å². The van der Waals surface area contributed by atoms with Gasteiger partial charge in [0.1, 0.15) is 35.3 Å². The first-order valence-corrected chi connectivity index (χ1v) is 18.3. The summed E-state index contributed by atoms with van der Waals surface area (Å²) in [4.78, 5) is 45.3. The van der Waals surface area contributed by atoms with Gasteiger partial charge >= 0.3 is 6.09 Å². The predicted molar refractivity (Wildman–Crippen MR) is 195 cm³/mol. The topological polar surface area (TPSA) is 128 Å². The van der Waals surface area contributed by atoms with Gasteiger partial charge in [0.05, 0.1) is 18.0 Å². The molecule has 0 N–H and O–H groups in total. The van der Waals surface area contributed by atoms with Crippen molar-refractivity contribution in [3.8, 4) is 17.2 Å². The van der Waals surface area contributed by atoms with Crippen LogP contribution >= 0.6 is 0 Å². The first-order valence-electron chi connectivity index (χ1n) is 18.3. The van der Waals surface area contributed by atoms with Crippen LogP contribution in [0.4, 0.5) is 15.0 Å². The Labute approximate surface area is 309 Å². The molecule has 5 heterocycles. The summed E-state index contributed by atoms with van der Waals surface area (Å²) >= 11 is 0. The second kappa shape index (κ2) is 14.4. The summed E-state index contributed by atoms with van der Waals surface area (Å²) in [5.41, 5.74) is 2.76. The zero-order chi connectivity index (χ0) is 37.5. The lowest BCUT2D eigenvalue weighted by Crippen LogP contribution is -2.65. The van der Waals surface area contributed by atoms with E-state index in [9.17, 15) is 14.0 Å². The minimum Gasteiger partial charge on any atom is -0.490 e. The van der Waals surface area contributed by atoms with Crippen LogP contribution in [0.1, 0.15) is 81.6 Å². The largest absolute Gasteiger partial charge is 0.490 e. The van der Waals surface area contributed by atoms with Crippen molar-refractivity contribution in [3.05, 3.63) is 83.6 Å². The molecule has 7 rings (SSSR count). The molecule has 14 heteroatoms. The van der Waals surface area contributed by atoms with Crippen LogP contribution in [0, 0.1) is 11.2 Å². The number of amides is 1. The molecule has 3 aliphatic rings.